The minimum absolute atomic E-state index is 0.0489. The maximum atomic E-state index is 11.4. The van der Waals surface area contributed by atoms with Gasteiger partial charge in [-0.05, 0) is 46.1 Å². The van der Waals surface area contributed by atoms with Gasteiger partial charge < -0.3 is 5.73 Å². The molecule has 0 aliphatic carbocycles. The number of rotatable bonds is 3. The van der Waals surface area contributed by atoms with Crippen molar-refractivity contribution < 1.29 is 8.42 Å². The lowest BCUT2D eigenvalue weighted by Crippen LogP contribution is -2.32. The van der Waals surface area contributed by atoms with E-state index in [1.807, 2.05) is 11.4 Å². The van der Waals surface area contributed by atoms with Gasteiger partial charge in [0.15, 0.2) is 9.84 Å². The molecule has 0 bridgehead atoms. The Kier molecular flexibility index (Phi) is 3.73. The Hall–Kier alpha value is 0.0900. The van der Waals surface area contributed by atoms with E-state index in [0.29, 0.717) is 12.2 Å². The van der Waals surface area contributed by atoms with Crippen molar-refractivity contribution in [3.63, 3.8) is 0 Å². The lowest BCUT2D eigenvalue weighted by atomic mass is 9.97. The lowest BCUT2D eigenvalue weighted by molar-refractivity contribution is 0.463. The van der Waals surface area contributed by atoms with E-state index < -0.39 is 9.84 Å². The van der Waals surface area contributed by atoms with Crippen LogP contribution in [-0.2, 0) is 16.3 Å². The van der Waals surface area contributed by atoms with Crippen LogP contribution in [0.5, 0.6) is 0 Å². The maximum Gasteiger partial charge on any atom is 0.150 e. The summed E-state index contributed by atoms with van der Waals surface area (Å²) in [5.74, 6) is 0.688. The average molecular weight is 324 g/mol. The summed E-state index contributed by atoms with van der Waals surface area (Å²) in [6.07, 6.45) is 1.48. The van der Waals surface area contributed by atoms with Crippen molar-refractivity contribution in [2.45, 2.75) is 18.9 Å². The van der Waals surface area contributed by atoms with Crippen molar-refractivity contribution in [1.82, 2.24) is 0 Å². The summed E-state index contributed by atoms with van der Waals surface area (Å²) in [7, 11) is -2.82. The maximum absolute atomic E-state index is 11.4. The third kappa shape index (κ3) is 2.85. The highest BCUT2D eigenvalue weighted by atomic mass is 79.9. The van der Waals surface area contributed by atoms with Gasteiger partial charge in [-0.3, -0.25) is 0 Å². The normalized spacial score (nSPS) is 25.8. The molecule has 2 heterocycles. The minimum atomic E-state index is -2.82. The number of hydrogen-bond acceptors (Lipinski definition) is 4. The summed E-state index contributed by atoms with van der Waals surface area (Å²) in [6, 6.07) is 1.95. The zero-order chi connectivity index (χ0) is 11.8. The summed E-state index contributed by atoms with van der Waals surface area (Å²) in [5, 5.41) is 2.01. The van der Waals surface area contributed by atoms with Crippen molar-refractivity contribution in [2.75, 3.05) is 11.5 Å². The molecule has 1 saturated heterocycles. The zero-order valence-electron chi connectivity index (χ0n) is 8.73. The SMILES string of the molecule is NC(Cc1sccc1Br)C1CCS(=O)(=O)C1. The molecule has 1 aromatic heterocycles. The van der Waals surface area contributed by atoms with Gasteiger partial charge in [0.1, 0.15) is 0 Å². The molecule has 1 aliphatic rings. The van der Waals surface area contributed by atoms with Crippen LogP contribution in [0, 0.1) is 5.92 Å². The summed E-state index contributed by atoms with van der Waals surface area (Å²) in [5.41, 5.74) is 6.08. The fourth-order valence-electron chi connectivity index (χ4n) is 2.01. The Balaban J connectivity index is 2.00. The van der Waals surface area contributed by atoms with Crippen molar-refractivity contribution in [3.8, 4) is 0 Å². The van der Waals surface area contributed by atoms with Gasteiger partial charge >= 0.3 is 0 Å². The van der Waals surface area contributed by atoms with E-state index >= 15 is 0 Å². The van der Waals surface area contributed by atoms with E-state index in [1.165, 1.54) is 4.88 Å². The largest absolute Gasteiger partial charge is 0.327 e. The third-order valence-electron chi connectivity index (χ3n) is 2.99. The number of nitrogens with two attached hydrogens (primary N) is 1. The van der Waals surface area contributed by atoms with Crippen LogP contribution in [0.3, 0.4) is 0 Å². The van der Waals surface area contributed by atoms with Crippen LogP contribution in [0.4, 0.5) is 0 Å². The molecule has 1 fully saturated rings. The fraction of sp³-hybridized carbons (Fsp3) is 0.600. The number of hydrogen-bond donors (Lipinski definition) is 1. The Morgan fingerprint density at radius 1 is 1.62 bits per heavy atom. The molecule has 6 heteroatoms. The number of sulfone groups is 1. The second kappa shape index (κ2) is 4.76. The quantitative estimate of drug-likeness (QED) is 0.922. The van der Waals surface area contributed by atoms with Crippen molar-refractivity contribution in [1.29, 1.82) is 0 Å². The first kappa shape index (κ1) is 12.5. The Morgan fingerprint density at radius 2 is 2.38 bits per heavy atom. The highest BCUT2D eigenvalue weighted by Gasteiger charge is 2.32. The van der Waals surface area contributed by atoms with Crippen LogP contribution in [0.15, 0.2) is 15.9 Å². The van der Waals surface area contributed by atoms with E-state index in [-0.39, 0.29) is 17.7 Å². The molecular weight excluding hydrogens is 310 g/mol. The van der Waals surface area contributed by atoms with Gasteiger partial charge in [0.2, 0.25) is 0 Å². The molecule has 0 radical (unpaired) electrons. The molecule has 2 unspecified atom stereocenters. The second-order valence-electron chi connectivity index (χ2n) is 4.22. The standard InChI is InChI=1S/C10H14BrNO2S2/c11-8-1-3-15-10(8)5-9(12)7-2-4-16(13,14)6-7/h1,3,7,9H,2,4-6,12H2. The van der Waals surface area contributed by atoms with Crippen LogP contribution >= 0.6 is 27.3 Å². The van der Waals surface area contributed by atoms with Gasteiger partial charge in [0, 0.05) is 15.4 Å². The highest BCUT2D eigenvalue weighted by Crippen LogP contribution is 2.28. The number of halogens is 1. The van der Waals surface area contributed by atoms with Crippen molar-refractivity contribution >= 4 is 37.1 Å². The topological polar surface area (TPSA) is 60.2 Å². The Labute approximate surface area is 108 Å². The van der Waals surface area contributed by atoms with Crippen molar-refractivity contribution in [2.24, 2.45) is 11.7 Å². The van der Waals surface area contributed by atoms with E-state index in [2.05, 4.69) is 15.9 Å². The van der Waals surface area contributed by atoms with Gasteiger partial charge in [0.05, 0.1) is 11.5 Å². The van der Waals surface area contributed by atoms with Gasteiger partial charge in [-0.2, -0.15) is 0 Å². The zero-order valence-corrected chi connectivity index (χ0v) is 11.9. The summed E-state index contributed by atoms with van der Waals surface area (Å²) in [6.45, 7) is 0. The van der Waals surface area contributed by atoms with Crippen LogP contribution < -0.4 is 5.73 Å². The monoisotopic (exact) mass is 323 g/mol. The molecule has 1 aromatic rings. The molecule has 2 N–H and O–H groups in total. The predicted molar refractivity (Wildman–Crippen MR) is 70.5 cm³/mol. The van der Waals surface area contributed by atoms with Crippen LogP contribution in [-0.4, -0.2) is 26.0 Å². The van der Waals surface area contributed by atoms with Gasteiger partial charge in [-0.1, -0.05) is 0 Å². The first-order chi connectivity index (χ1) is 7.48. The molecule has 2 atom stereocenters. The van der Waals surface area contributed by atoms with E-state index in [0.717, 1.165) is 10.9 Å². The molecule has 16 heavy (non-hydrogen) atoms. The molecule has 0 saturated carbocycles. The van der Waals surface area contributed by atoms with E-state index in [1.54, 1.807) is 11.3 Å². The van der Waals surface area contributed by atoms with Gasteiger partial charge in [0.25, 0.3) is 0 Å². The second-order valence-corrected chi connectivity index (χ2v) is 8.31. The first-order valence-electron chi connectivity index (χ1n) is 5.16. The molecule has 3 nitrogen and oxygen atoms in total. The average Bonchev–Trinajstić information content (AvgIpc) is 2.74. The predicted octanol–water partition coefficient (Wildman–Crippen LogP) is 1.82. The Bertz CT molecular complexity index is 469. The Morgan fingerprint density at radius 3 is 2.88 bits per heavy atom. The van der Waals surface area contributed by atoms with E-state index in [9.17, 15) is 8.42 Å². The minimum Gasteiger partial charge on any atom is -0.327 e. The highest BCUT2D eigenvalue weighted by molar-refractivity contribution is 9.10. The summed E-state index contributed by atoms with van der Waals surface area (Å²) >= 11 is 5.12. The number of thiophene rings is 1. The molecular formula is C10H14BrNO2S2. The molecule has 0 aromatic carbocycles. The van der Waals surface area contributed by atoms with Crippen LogP contribution in [0.1, 0.15) is 11.3 Å². The third-order valence-corrected chi connectivity index (χ3v) is 6.73. The van der Waals surface area contributed by atoms with Gasteiger partial charge in [-0.15, -0.1) is 11.3 Å². The smallest absolute Gasteiger partial charge is 0.150 e. The molecule has 0 spiro atoms. The summed E-state index contributed by atoms with van der Waals surface area (Å²) in [4.78, 5) is 1.21. The van der Waals surface area contributed by atoms with Crippen LogP contribution in [0.2, 0.25) is 0 Å². The molecule has 0 amide bonds. The van der Waals surface area contributed by atoms with Crippen LogP contribution in [0.25, 0.3) is 0 Å². The molecule has 90 valence electrons. The first-order valence-corrected chi connectivity index (χ1v) is 8.65. The molecule has 1 aliphatic heterocycles. The van der Waals surface area contributed by atoms with Crippen molar-refractivity contribution in [3.05, 3.63) is 20.8 Å². The van der Waals surface area contributed by atoms with E-state index in [4.69, 9.17) is 5.73 Å². The lowest BCUT2D eigenvalue weighted by Gasteiger charge is -2.16. The van der Waals surface area contributed by atoms with Gasteiger partial charge in [-0.25, -0.2) is 8.42 Å². The molecule has 2 rings (SSSR count). The fourth-order valence-corrected chi connectivity index (χ4v) is 5.49. The summed E-state index contributed by atoms with van der Waals surface area (Å²) < 4.78 is 23.8.